The average Bonchev–Trinajstić information content (AvgIpc) is 3.06. The minimum absolute atomic E-state index is 0.0317. The number of hydrogen-bond donors (Lipinski definition) is 1. The van der Waals surface area contributed by atoms with Crippen LogP contribution >= 0.6 is 0 Å². The average molecular weight is 278 g/mol. The summed E-state index contributed by atoms with van der Waals surface area (Å²) >= 11 is 0. The second kappa shape index (κ2) is 4.36. The highest BCUT2D eigenvalue weighted by atomic mass is 19.4. The summed E-state index contributed by atoms with van der Waals surface area (Å²) in [6.07, 6.45) is -2.97. The summed E-state index contributed by atoms with van der Waals surface area (Å²) in [5, 5.41) is 3.11. The first-order valence-electron chi connectivity index (χ1n) is 6.90. The number of rotatable bonds is 4. The van der Waals surface area contributed by atoms with Gasteiger partial charge in [0.25, 0.3) is 0 Å². The Morgan fingerprint density at radius 2 is 1.95 bits per heavy atom. The summed E-state index contributed by atoms with van der Waals surface area (Å²) in [6.45, 7) is 5.44. The third-order valence-electron chi connectivity index (χ3n) is 4.47. The molecule has 1 saturated heterocycles. The van der Waals surface area contributed by atoms with Crippen LogP contribution in [-0.4, -0.2) is 34.2 Å². The lowest BCUT2D eigenvalue weighted by Crippen LogP contribution is -2.54. The van der Waals surface area contributed by atoms with E-state index in [0.717, 1.165) is 11.3 Å². The van der Waals surface area contributed by atoms with Crippen LogP contribution in [0.2, 0.25) is 0 Å². The van der Waals surface area contributed by atoms with E-state index < -0.39 is 29.3 Å². The molecule has 2 rings (SSSR count). The van der Waals surface area contributed by atoms with Crippen molar-refractivity contribution in [1.29, 1.82) is 0 Å². The molecule has 2 fully saturated rings. The second-order valence-corrected chi connectivity index (χ2v) is 5.84. The number of halogens is 3. The maximum absolute atomic E-state index is 13.3. The smallest absolute Gasteiger partial charge is 0.311 e. The molecule has 3 nitrogen and oxygen atoms in total. The molecule has 0 aromatic rings. The van der Waals surface area contributed by atoms with Gasteiger partial charge in [0, 0.05) is 0 Å². The molecule has 1 heterocycles. The zero-order chi connectivity index (χ0) is 14.5. The molecule has 6 heteroatoms. The molecule has 0 spiro atoms. The summed E-state index contributed by atoms with van der Waals surface area (Å²) in [6, 6.07) is 0. The number of alkyl halides is 3. The predicted molar refractivity (Wildman–Crippen MR) is 65.4 cm³/mol. The maximum Gasteiger partial charge on any atom is 0.411 e. The SMILES string of the molecule is CCCC1NC(C)(CC)C(=O)N1C1(C(F)(F)F)CC1. The molecule has 1 aliphatic heterocycles. The van der Waals surface area contributed by atoms with Gasteiger partial charge in [0.2, 0.25) is 5.91 Å². The van der Waals surface area contributed by atoms with E-state index in [0.29, 0.717) is 12.8 Å². The number of hydrogen-bond acceptors (Lipinski definition) is 2. The van der Waals surface area contributed by atoms with Crippen LogP contribution in [0.25, 0.3) is 0 Å². The van der Waals surface area contributed by atoms with Gasteiger partial charge in [-0.3, -0.25) is 10.1 Å². The first-order chi connectivity index (χ1) is 8.72. The van der Waals surface area contributed by atoms with Gasteiger partial charge >= 0.3 is 6.18 Å². The van der Waals surface area contributed by atoms with Crippen LogP contribution in [0.4, 0.5) is 13.2 Å². The quantitative estimate of drug-likeness (QED) is 0.857. The Bertz CT molecular complexity index is 379. The van der Waals surface area contributed by atoms with Crippen molar-refractivity contribution in [3.63, 3.8) is 0 Å². The van der Waals surface area contributed by atoms with Crippen molar-refractivity contribution in [2.24, 2.45) is 0 Å². The lowest BCUT2D eigenvalue weighted by molar-refractivity contribution is -0.203. The minimum atomic E-state index is -4.34. The molecule has 19 heavy (non-hydrogen) atoms. The summed E-state index contributed by atoms with van der Waals surface area (Å²) in [5.74, 6) is -0.400. The highest BCUT2D eigenvalue weighted by Crippen LogP contribution is 2.56. The first-order valence-corrected chi connectivity index (χ1v) is 6.90. The van der Waals surface area contributed by atoms with Crippen molar-refractivity contribution >= 4 is 5.91 Å². The van der Waals surface area contributed by atoms with Crippen molar-refractivity contribution in [3.8, 4) is 0 Å². The topological polar surface area (TPSA) is 32.3 Å². The van der Waals surface area contributed by atoms with Crippen molar-refractivity contribution in [2.45, 2.75) is 76.3 Å². The minimum Gasteiger partial charge on any atom is -0.311 e. The molecule has 0 radical (unpaired) electrons. The Balaban J connectivity index is 2.34. The van der Waals surface area contributed by atoms with Gasteiger partial charge in [-0.1, -0.05) is 20.3 Å². The number of nitrogens with zero attached hydrogens (tertiary/aromatic N) is 1. The molecule has 0 aromatic carbocycles. The lowest BCUT2D eigenvalue weighted by atomic mass is 9.98. The van der Waals surface area contributed by atoms with Gasteiger partial charge in [0.15, 0.2) is 0 Å². The monoisotopic (exact) mass is 278 g/mol. The van der Waals surface area contributed by atoms with Gasteiger partial charge < -0.3 is 4.90 Å². The zero-order valence-corrected chi connectivity index (χ0v) is 11.6. The molecule has 0 aromatic heterocycles. The number of carbonyl (C=O) groups is 1. The van der Waals surface area contributed by atoms with E-state index in [4.69, 9.17) is 0 Å². The zero-order valence-electron chi connectivity index (χ0n) is 11.6. The highest BCUT2D eigenvalue weighted by Gasteiger charge is 2.71. The van der Waals surface area contributed by atoms with E-state index in [2.05, 4.69) is 5.32 Å². The molecule has 1 aliphatic carbocycles. The number of nitrogens with one attached hydrogen (secondary N) is 1. The summed E-state index contributed by atoms with van der Waals surface area (Å²) in [4.78, 5) is 13.5. The lowest BCUT2D eigenvalue weighted by Gasteiger charge is -2.34. The van der Waals surface area contributed by atoms with Crippen LogP contribution < -0.4 is 5.32 Å². The number of carbonyl (C=O) groups excluding carboxylic acids is 1. The molecule has 1 N–H and O–H groups in total. The van der Waals surface area contributed by atoms with Crippen LogP contribution in [-0.2, 0) is 4.79 Å². The largest absolute Gasteiger partial charge is 0.411 e. The molecule has 2 aliphatic rings. The predicted octanol–water partition coefficient (Wildman–Crippen LogP) is 2.81. The molecule has 1 saturated carbocycles. The molecule has 0 bridgehead atoms. The van der Waals surface area contributed by atoms with E-state index in [1.54, 1.807) is 6.92 Å². The van der Waals surface area contributed by atoms with E-state index in [1.165, 1.54) is 0 Å². The molecule has 110 valence electrons. The van der Waals surface area contributed by atoms with Crippen molar-refractivity contribution < 1.29 is 18.0 Å². The van der Waals surface area contributed by atoms with Gasteiger partial charge in [-0.05, 0) is 32.6 Å². The molecular formula is C13H21F3N2O. The Morgan fingerprint density at radius 3 is 2.32 bits per heavy atom. The maximum atomic E-state index is 13.3. The van der Waals surface area contributed by atoms with Gasteiger partial charge in [-0.25, -0.2) is 0 Å². The highest BCUT2D eigenvalue weighted by molar-refractivity contribution is 5.89. The summed E-state index contributed by atoms with van der Waals surface area (Å²) in [5.41, 5.74) is -2.77. The van der Waals surface area contributed by atoms with Gasteiger partial charge in [-0.2, -0.15) is 13.2 Å². The normalized spacial score (nSPS) is 33.9. The van der Waals surface area contributed by atoms with E-state index >= 15 is 0 Å². The number of amides is 1. The van der Waals surface area contributed by atoms with Crippen molar-refractivity contribution in [2.75, 3.05) is 0 Å². The Morgan fingerprint density at radius 1 is 1.37 bits per heavy atom. The van der Waals surface area contributed by atoms with Gasteiger partial charge in [0.05, 0.1) is 11.7 Å². The van der Waals surface area contributed by atoms with Gasteiger partial charge in [0.1, 0.15) is 5.54 Å². The van der Waals surface area contributed by atoms with E-state index in [9.17, 15) is 18.0 Å². The Hall–Kier alpha value is -0.780. The van der Waals surface area contributed by atoms with Crippen LogP contribution in [0.5, 0.6) is 0 Å². The molecule has 2 atom stereocenters. The third kappa shape index (κ3) is 2.04. The fourth-order valence-corrected chi connectivity index (χ4v) is 2.90. The molecule has 1 amide bonds. The summed E-state index contributed by atoms with van der Waals surface area (Å²) < 4.78 is 39.8. The van der Waals surface area contributed by atoms with Crippen LogP contribution in [0, 0.1) is 0 Å². The van der Waals surface area contributed by atoms with Crippen LogP contribution in [0.3, 0.4) is 0 Å². The first kappa shape index (κ1) is 14.6. The van der Waals surface area contributed by atoms with Crippen LogP contribution in [0.1, 0.15) is 52.9 Å². The summed E-state index contributed by atoms with van der Waals surface area (Å²) in [7, 11) is 0. The molecule has 2 unspecified atom stereocenters. The van der Waals surface area contributed by atoms with Crippen molar-refractivity contribution in [1.82, 2.24) is 10.2 Å². The second-order valence-electron chi connectivity index (χ2n) is 5.84. The van der Waals surface area contributed by atoms with Gasteiger partial charge in [-0.15, -0.1) is 0 Å². The Labute approximate surface area is 111 Å². The van der Waals surface area contributed by atoms with Crippen molar-refractivity contribution in [3.05, 3.63) is 0 Å². The molecular weight excluding hydrogens is 257 g/mol. The third-order valence-corrected chi connectivity index (χ3v) is 4.47. The van der Waals surface area contributed by atoms with E-state index in [-0.39, 0.29) is 12.8 Å². The Kier molecular flexibility index (Phi) is 3.36. The fourth-order valence-electron chi connectivity index (χ4n) is 2.90. The van der Waals surface area contributed by atoms with E-state index in [1.807, 2.05) is 13.8 Å². The fraction of sp³-hybridized carbons (Fsp3) is 0.923. The van der Waals surface area contributed by atoms with Crippen LogP contribution in [0.15, 0.2) is 0 Å². The standard InChI is InChI=1S/C13H21F3N2O/c1-4-6-9-17-11(3,5-2)10(19)18(9)12(7-8-12)13(14,15)16/h9,17H,4-8H2,1-3H3.